The summed E-state index contributed by atoms with van der Waals surface area (Å²) < 4.78 is 10.9. The molecular weight excluding hydrogens is 236 g/mol. The average molecular weight is 257 g/mol. The Morgan fingerprint density at radius 3 is 1.62 bits per heavy atom. The second-order valence-electron chi connectivity index (χ2n) is 4.17. The Labute approximate surface area is 101 Å². The van der Waals surface area contributed by atoms with Gasteiger partial charge >= 0.3 is 0 Å². The van der Waals surface area contributed by atoms with Crippen molar-refractivity contribution >= 4 is 12.4 Å². The molecule has 7 heteroatoms. The van der Waals surface area contributed by atoms with E-state index in [0.29, 0.717) is 0 Å². The monoisotopic (exact) mass is 256 g/mol. The summed E-state index contributed by atoms with van der Waals surface area (Å²) in [4.78, 5) is 0. The fourth-order valence-corrected chi connectivity index (χ4v) is 1.68. The molecule has 0 radical (unpaired) electrons. The van der Waals surface area contributed by atoms with Gasteiger partial charge in [0.2, 0.25) is 0 Å². The van der Waals surface area contributed by atoms with Gasteiger partial charge in [0.1, 0.15) is 12.2 Å². The lowest BCUT2D eigenvalue weighted by Crippen LogP contribution is -2.47. The van der Waals surface area contributed by atoms with E-state index in [1.165, 1.54) is 0 Å². The van der Waals surface area contributed by atoms with Crippen molar-refractivity contribution in [2.75, 3.05) is 13.1 Å². The molecule has 16 heavy (non-hydrogen) atoms. The smallest absolute Gasteiger partial charge is 0.164 e. The average Bonchev–Trinajstić information content (AvgIpc) is 2.52. The highest BCUT2D eigenvalue weighted by Crippen LogP contribution is 2.31. The van der Waals surface area contributed by atoms with Crippen LogP contribution in [0.3, 0.4) is 0 Å². The molecule has 0 spiro atoms. The van der Waals surface area contributed by atoms with E-state index < -0.39 is 30.2 Å². The lowest BCUT2D eigenvalue weighted by Gasteiger charge is -2.23. The minimum Gasteiger partial charge on any atom is -0.389 e. The van der Waals surface area contributed by atoms with Crippen LogP contribution in [0.25, 0.3) is 0 Å². The predicted molar refractivity (Wildman–Crippen MR) is 61.2 cm³/mol. The zero-order valence-electron chi connectivity index (χ0n) is 9.50. The van der Waals surface area contributed by atoms with Crippen LogP contribution in [0.15, 0.2) is 0 Å². The van der Waals surface area contributed by atoms with Crippen molar-refractivity contribution in [3.8, 4) is 0 Å². The third-order valence-corrected chi connectivity index (χ3v) is 2.41. The summed E-state index contributed by atoms with van der Waals surface area (Å²) in [6.07, 6.45) is -3.00. The van der Waals surface area contributed by atoms with E-state index in [2.05, 4.69) is 0 Å². The molecule has 0 aromatic carbocycles. The first-order valence-electron chi connectivity index (χ1n) is 5.03. The van der Waals surface area contributed by atoms with Gasteiger partial charge in [0, 0.05) is 13.1 Å². The third-order valence-electron chi connectivity index (χ3n) is 2.41. The molecule has 0 aliphatic carbocycles. The normalized spacial score (nSPS) is 31.9. The molecule has 0 saturated carbocycles. The van der Waals surface area contributed by atoms with Crippen LogP contribution in [0.5, 0.6) is 0 Å². The van der Waals surface area contributed by atoms with Crippen molar-refractivity contribution in [1.29, 1.82) is 0 Å². The van der Waals surface area contributed by atoms with Gasteiger partial charge in [-0.1, -0.05) is 0 Å². The minimum atomic E-state index is -0.863. The van der Waals surface area contributed by atoms with Gasteiger partial charge in [-0.3, -0.25) is 0 Å². The Bertz CT molecular complexity index is 198. The summed E-state index contributed by atoms with van der Waals surface area (Å²) in [6.45, 7) is 3.54. The summed E-state index contributed by atoms with van der Waals surface area (Å²) >= 11 is 0. The number of hydrogen-bond donors (Lipinski definition) is 4. The molecule has 1 saturated heterocycles. The number of aliphatic hydroxyl groups excluding tert-OH is 2. The summed E-state index contributed by atoms with van der Waals surface area (Å²) in [5.41, 5.74) is 10.7. The molecule has 1 aliphatic rings. The van der Waals surface area contributed by atoms with Crippen molar-refractivity contribution < 1.29 is 19.7 Å². The molecule has 4 atom stereocenters. The van der Waals surface area contributed by atoms with Gasteiger partial charge < -0.3 is 31.2 Å². The van der Waals surface area contributed by atoms with Crippen LogP contribution in [-0.2, 0) is 9.47 Å². The van der Waals surface area contributed by atoms with Gasteiger partial charge in [0.05, 0.1) is 12.2 Å². The highest BCUT2D eigenvalue weighted by molar-refractivity contribution is 5.85. The second-order valence-corrected chi connectivity index (χ2v) is 4.17. The first-order valence-corrected chi connectivity index (χ1v) is 5.03. The Morgan fingerprint density at radius 1 is 1.06 bits per heavy atom. The molecule has 1 fully saturated rings. The predicted octanol–water partition coefficient (Wildman–Crippen LogP) is -1.43. The van der Waals surface area contributed by atoms with Crippen molar-refractivity contribution in [3.63, 3.8) is 0 Å². The Balaban J connectivity index is 0.00000225. The van der Waals surface area contributed by atoms with E-state index in [9.17, 15) is 10.2 Å². The molecule has 1 heterocycles. The van der Waals surface area contributed by atoms with Crippen molar-refractivity contribution in [1.82, 2.24) is 0 Å². The standard InChI is InChI=1S/C9H20N2O4.ClH/c1-9(2)14-7(5(12)3-10)8(15-9)6(13)4-11;/h5-8,12-13H,3-4,10-11H2,1-2H3;1H. The number of rotatable bonds is 4. The molecule has 4 unspecified atom stereocenters. The van der Waals surface area contributed by atoms with Crippen molar-refractivity contribution in [2.45, 2.75) is 44.1 Å². The lowest BCUT2D eigenvalue weighted by atomic mass is 10.0. The van der Waals surface area contributed by atoms with Gasteiger partial charge in [-0.2, -0.15) is 0 Å². The SMILES string of the molecule is CC1(C)OC(C(O)CN)C(C(O)CN)O1.Cl. The van der Waals surface area contributed by atoms with Crippen LogP contribution >= 0.6 is 12.4 Å². The van der Waals surface area contributed by atoms with E-state index in [4.69, 9.17) is 20.9 Å². The molecule has 1 aliphatic heterocycles. The maximum absolute atomic E-state index is 9.62. The van der Waals surface area contributed by atoms with E-state index in [0.717, 1.165) is 0 Å². The molecule has 1 rings (SSSR count). The number of halogens is 1. The largest absolute Gasteiger partial charge is 0.389 e. The van der Waals surface area contributed by atoms with Gasteiger partial charge in [-0.05, 0) is 13.8 Å². The zero-order valence-corrected chi connectivity index (χ0v) is 10.3. The maximum Gasteiger partial charge on any atom is 0.164 e. The summed E-state index contributed by atoms with van der Waals surface area (Å²) in [7, 11) is 0. The molecular formula is C9H21ClN2O4. The van der Waals surface area contributed by atoms with Gasteiger partial charge in [-0.25, -0.2) is 0 Å². The molecule has 6 N–H and O–H groups in total. The fourth-order valence-electron chi connectivity index (χ4n) is 1.68. The number of hydrogen-bond acceptors (Lipinski definition) is 6. The summed E-state index contributed by atoms with van der Waals surface area (Å²) in [5, 5.41) is 19.2. The van der Waals surface area contributed by atoms with E-state index in [-0.39, 0.29) is 25.5 Å². The third kappa shape index (κ3) is 3.53. The number of ether oxygens (including phenoxy) is 2. The maximum atomic E-state index is 9.62. The van der Waals surface area contributed by atoms with Crippen LogP contribution in [0.2, 0.25) is 0 Å². The van der Waals surface area contributed by atoms with Crippen LogP contribution < -0.4 is 11.5 Å². The quantitative estimate of drug-likeness (QED) is 0.491. The Kier molecular flexibility index (Phi) is 6.13. The van der Waals surface area contributed by atoms with Gasteiger partial charge in [0.25, 0.3) is 0 Å². The van der Waals surface area contributed by atoms with Crippen LogP contribution in [-0.4, -0.2) is 53.5 Å². The van der Waals surface area contributed by atoms with Crippen LogP contribution in [0.4, 0.5) is 0 Å². The van der Waals surface area contributed by atoms with Crippen molar-refractivity contribution in [3.05, 3.63) is 0 Å². The molecule has 0 aromatic rings. The lowest BCUT2D eigenvalue weighted by molar-refractivity contribution is -0.159. The van der Waals surface area contributed by atoms with E-state index in [1.54, 1.807) is 13.8 Å². The first-order chi connectivity index (χ1) is 6.91. The molecule has 6 nitrogen and oxygen atoms in total. The Hall–Kier alpha value is 0.0500. The molecule has 0 amide bonds. The van der Waals surface area contributed by atoms with E-state index in [1.807, 2.05) is 0 Å². The number of nitrogens with two attached hydrogens (primary N) is 2. The molecule has 0 aromatic heterocycles. The van der Waals surface area contributed by atoms with Crippen molar-refractivity contribution in [2.24, 2.45) is 11.5 Å². The Morgan fingerprint density at radius 2 is 1.38 bits per heavy atom. The zero-order chi connectivity index (χ0) is 11.6. The van der Waals surface area contributed by atoms with Crippen LogP contribution in [0.1, 0.15) is 13.8 Å². The van der Waals surface area contributed by atoms with E-state index >= 15 is 0 Å². The molecule has 0 bridgehead atoms. The van der Waals surface area contributed by atoms with Gasteiger partial charge in [0.15, 0.2) is 5.79 Å². The topological polar surface area (TPSA) is 111 Å². The summed E-state index contributed by atoms with van der Waals surface area (Å²) in [5.74, 6) is -0.832. The highest BCUT2D eigenvalue weighted by atomic mass is 35.5. The van der Waals surface area contributed by atoms with Gasteiger partial charge in [-0.15, -0.1) is 12.4 Å². The summed E-state index contributed by atoms with van der Waals surface area (Å²) in [6, 6.07) is 0. The molecule has 98 valence electrons. The second kappa shape index (κ2) is 6.11. The fraction of sp³-hybridized carbons (Fsp3) is 1.00. The first kappa shape index (κ1) is 16.1. The minimum absolute atomic E-state index is 0. The number of aliphatic hydroxyl groups is 2. The van der Waals surface area contributed by atoms with Crippen LogP contribution in [0, 0.1) is 0 Å². The highest BCUT2D eigenvalue weighted by Gasteiger charge is 2.47.